The first kappa shape index (κ1) is 17.8. The average molecular weight is 332 g/mol. The van der Waals surface area contributed by atoms with Crippen LogP contribution < -0.4 is 4.74 Å². The molecule has 134 valence electrons. The quantitative estimate of drug-likeness (QED) is 0.809. The SMILES string of the molecule is CC1CC(C)(C)N(CCC(O)Oc2ccccc2)C2CCCCC12. The maximum Gasteiger partial charge on any atom is 0.198 e. The maximum absolute atomic E-state index is 10.3. The van der Waals surface area contributed by atoms with Crippen molar-refractivity contribution in [3.8, 4) is 5.75 Å². The van der Waals surface area contributed by atoms with Crippen LogP contribution in [0.1, 0.15) is 59.3 Å². The van der Waals surface area contributed by atoms with Crippen molar-refractivity contribution in [2.24, 2.45) is 11.8 Å². The number of nitrogens with zero attached hydrogens (tertiary/aromatic N) is 1. The minimum absolute atomic E-state index is 0.213. The van der Waals surface area contributed by atoms with Crippen molar-refractivity contribution in [1.82, 2.24) is 4.90 Å². The highest BCUT2D eigenvalue weighted by Crippen LogP contribution is 2.45. The Labute approximate surface area is 147 Å². The van der Waals surface area contributed by atoms with Gasteiger partial charge in [-0.25, -0.2) is 0 Å². The van der Waals surface area contributed by atoms with E-state index < -0.39 is 6.29 Å². The van der Waals surface area contributed by atoms with Crippen LogP contribution in [0, 0.1) is 11.8 Å². The molecule has 3 heteroatoms. The summed E-state index contributed by atoms with van der Waals surface area (Å²) in [6.45, 7) is 8.10. The summed E-state index contributed by atoms with van der Waals surface area (Å²) in [5.74, 6) is 2.39. The van der Waals surface area contributed by atoms with Gasteiger partial charge >= 0.3 is 0 Å². The van der Waals surface area contributed by atoms with Gasteiger partial charge in [-0.15, -0.1) is 0 Å². The minimum Gasteiger partial charge on any atom is -0.465 e. The van der Waals surface area contributed by atoms with E-state index in [1.807, 2.05) is 30.3 Å². The number of piperidine rings is 1. The molecule has 0 radical (unpaired) electrons. The molecule has 0 bridgehead atoms. The molecule has 24 heavy (non-hydrogen) atoms. The fourth-order valence-electron chi connectivity index (χ4n) is 5.13. The second-order valence-corrected chi connectivity index (χ2v) is 8.38. The van der Waals surface area contributed by atoms with Crippen LogP contribution in [0.3, 0.4) is 0 Å². The molecule has 3 nitrogen and oxygen atoms in total. The Morgan fingerprint density at radius 3 is 2.67 bits per heavy atom. The van der Waals surface area contributed by atoms with Crippen molar-refractivity contribution >= 4 is 0 Å². The van der Waals surface area contributed by atoms with E-state index in [4.69, 9.17) is 4.74 Å². The predicted molar refractivity (Wildman–Crippen MR) is 98.0 cm³/mol. The highest BCUT2D eigenvalue weighted by molar-refractivity contribution is 5.21. The zero-order valence-corrected chi connectivity index (χ0v) is 15.4. The zero-order chi connectivity index (χ0) is 17.2. The lowest BCUT2D eigenvalue weighted by Crippen LogP contribution is -2.60. The van der Waals surface area contributed by atoms with E-state index >= 15 is 0 Å². The molecule has 1 heterocycles. The van der Waals surface area contributed by atoms with E-state index in [1.165, 1.54) is 32.1 Å². The van der Waals surface area contributed by atoms with Crippen LogP contribution in [0.2, 0.25) is 0 Å². The summed E-state index contributed by atoms with van der Waals surface area (Å²) in [5, 5.41) is 10.3. The van der Waals surface area contributed by atoms with Crippen molar-refractivity contribution in [1.29, 1.82) is 0 Å². The summed E-state index contributed by atoms with van der Waals surface area (Å²) in [6, 6.07) is 10.3. The van der Waals surface area contributed by atoms with Gasteiger partial charge in [-0.05, 0) is 57.1 Å². The number of aliphatic hydroxyl groups excluding tert-OH is 1. The molecule has 1 aromatic carbocycles. The summed E-state index contributed by atoms with van der Waals surface area (Å²) in [5.41, 5.74) is 0.213. The molecule has 1 aromatic rings. The van der Waals surface area contributed by atoms with Gasteiger partial charge in [-0.2, -0.15) is 0 Å². The van der Waals surface area contributed by atoms with Crippen LogP contribution in [0.15, 0.2) is 30.3 Å². The first-order valence-electron chi connectivity index (χ1n) is 9.64. The van der Waals surface area contributed by atoms with E-state index in [0.29, 0.717) is 12.5 Å². The molecule has 1 saturated heterocycles. The average Bonchev–Trinajstić information content (AvgIpc) is 2.55. The fraction of sp³-hybridized carbons (Fsp3) is 0.714. The van der Waals surface area contributed by atoms with Crippen molar-refractivity contribution in [3.63, 3.8) is 0 Å². The molecule has 1 saturated carbocycles. The maximum atomic E-state index is 10.3. The number of likely N-dealkylation sites (tertiary alicyclic amines) is 1. The van der Waals surface area contributed by atoms with E-state index in [0.717, 1.165) is 24.1 Å². The van der Waals surface area contributed by atoms with Gasteiger partial charge in [0.25, 0.3) is 0 Å². The van der Waals surface area contributed by atoms with Gasteiger partial charge in [-0.3, -0.25) is 4.90 Å². The second-order valence-electron chi connectivity index (χ2n) is 8.38. The Bertz CT molecular complexity index is 516. The molecule has 2 fully saturated rings. The van der Waals surface area contributed by atoms with E-state index in [-0.39, 0.29) is 5.54 Å². The lowest BCUT2D eigenvalue weighted by molar-refractivity contribution is -0.0820. The van der Waals surface area contributed by atoms with Gasteiger partial charge in [0.2, 0.25) is 0 Å². The lowest BCUT2D eigenvalue weighted by Gasteiger charge is -2.56. The number of para-hydroxylation sites is 1. The number of benzene rings is 1. The molecular weight excluding hydrogens is 298 g/mol. The van der Waals surface area contributed by atoms with Crippen molar-refractivity contribution in [3.05, 3.63) is 30.3 Å². The number of ether oxygens (including phenoxy) is 1. The number of fused-ring (bicyclic) bond motifs is 1. The summed E-state index contributed by atoms with van der Waals surface area (Å²) in [6.07, 6.45) is 6.61. The van der Waals surface area contributed by atoms with Crippen LogP contribution in [-0.2, 0) is 0 Å². The molecule has 0 amide bonds. The summed E-state index contributed by atoms with van der Waals surface area (Å²) < 4.78 is 5.66. The molecule has 1 aliphatic carbocycles. The normalized spacial score (nSPS) is 31.2. The highest BCUT2D eigenvalue weighted by atomic mass is 16.6. The van der Waals surface area contributed by atoms with Crippen LogP contribution in [-0.4, -0.2) is 34.4 Å². The monoisotopic (exact) mass is 331 g/mol. The summed E-state index contributed by atoms with van der Waals surface area (Å²) in [4.78, 5) is 2.68. The van der Waals surface area contributed by atoms with Gasteiger partial charge < -0.3 is 9.84 Å². The highest BCUT2D eigenvalue weighted by Gasteiger charge is 2.45. The van der Waals surface area contributed by atoms with Crippen molar-refractivity contribution in [2.45, 2.75) is 77.2 Å². The molecule has 1 aliphatic heterocycles. The molecule has 3 rings (SSSR count). The van der Waals surface area contributed by atoms with Crippen LogP contribution >= 0.6 is 0 Å². The van der Waals surface area contributed by atoms with Crippen molar-refractivity contribution in [2.75, 3.05) is 6.54 Å². The van der Waals surface area contributed by atoms with Gasteiger partial charge in [0.05, 0.1) is 0 Å². The van der Waals surface area contributed by atoms with Crippen LogP contribution in [0.25, 0.3) is 0 Å². The predicted octanol–water partition coefficient (Wildman–Crippen LogP) is 4.45. The molecule has 0 spiro atoms. The van der Waals surface area contributed by atoms with E-state index in [1.54, 1.807) is 0 Å². The summed E-state index contributed by atoms with van der Waals surface area (Å²) >= 11 is 0. The third kappa shape index (κ3) is 3.94. The van der Waals surface area contributed by atoms with Gasteiger partial charge in [0, 0.05) is 24.5 Å². The second kappa shape index (κ2) is 7.45. The smallest absolute Gasteiger partial charge is 0.198 e. The number of hydrogen-bond donors (Lipinski definition) is 1. The first-order chi connectivity index (χ1) is 11.5. The molecule has 4 unspecified atom stereocenters. The Morgan fingerprint density at radius 2 is 1.92 bits per heavy atom. The Morgan fingerprint density at radius 1 is 1.21 bits per heavy atom. The third-order valence-corrected chi connectivity index (χ3v) is 6.14. The Balaban J connectivity index is 1.61. The minimum atomic E-state index is -0.732. The molecule has 2 aliphatic rings. The number of hydrogen-bond acceptors (Lipinski definition) is 3. The Hall–Kier alpha value is -1.06. The summed E-state index contributed by atoms with van der Waals surface area (Å²) in [7, 11) is 0. The van der Waals surface area contributed by atoms with Crippen molar-refractivity contribution < 1.29 is 9.84 Å². The Kier molecular flexibility index (Phi) is 5.51. The number of rotatable bonds is 5. The molecule has 1 N–H and O–H groups in total. The van der Waals surface area contributed by atoms with Gasteiger partial charge in [0.1, 0.15) is 5.75 Å². The van der Waals surface area contributed by atoms with E-state index in [9.17, 15) is 5.11 Å². The topological polar surface area (TPSA) is 32.7 Å². The molecular formula is C21H33NO2. The van der Waals surface area contributed by atoms with Crippen LogP contribution in [0.4, 0.5) is 0 Å². The lowest BCUT2D eigenvalue weighted by atomic mass is 9.67. The van der Waals surface area contributed by atoms with Gasteiger partial charge in [0.15, 0.2) is 6.29 Å². The van der Waals surface area contributed by atoms with Gasteiger partial charge in [-0.1, -0.05) is 38.0 Å². The molecule has 0 aromatic heterocycles. The number of aliphatic hydroxyl groups is 1. The zero-order valence-electron chi connectivity index (χ0n) is 15.4. The largest absolute Gasteiger partial charge is 0.465 e. The molecule has 4 atom stereocenters. The standard InChI is InChI=1S/C21H33NO2/c1-16-15-21(2,3)22(19-12-8-7-11-18(16)19)14-13-20(23)24-17-9-5-4-6-10-17/h4-6,9-10,16,18-20,23H,7-8,11-15H2,1-3H3. The fourth-order valence-corrected chi connectivity index (χ4v) is 5.13. The van der Waals surface area contributed by atoms with E-state index in [2.05, 4.69) is 25.7 Å². The third-order valence-electron chi connectivity index (χ3n) is 6.14. The van der Waals surface area contributed by atoms with Crippen LogP contribution in [0.5, 0.6) is 5.75 Å². The first-order valence-corrected chi connectivity index (χ1v) is 9.64.